The molecule has 3 heterocycles. The van der Waals surface area contributed by atoms with Crippen molar-refractivity contribution >= 4 is 38.7 Å². The molecule has 1 aliphatic rings. The van der Waals surface area contributed by atoms with Crippen molar-refractivity contribution in [3.05, 3.63) is 46.8 Å². The van der Waals surface area contributed by atoms with E-state index in [1.807, 2.05) is 13.1 Å². The number of aromatic nitrogens is 1. The summed E-state index contributed by atoms with van der Waals surface area (Å²) in [6.07, 6.45) is 1.95. The van der Waals surface area contributed by atoms with Crippen LogP contribution in [0.1, 0.15) is 10.4 Å². The van der Waals surface area contributed by atoms with Crippen molar-refractivity contribution in [1.82, 2.24) is 10.3 Å². The van der Waals surface area contributed by atoms with Crippen LogP contribution in [-0.2, 0) is 12.8 Å². The summed E-state index contributed by atoms with van der Waals surface area (Å²) in [6, 6.07) is 13.0. The Hall–Kier alpha value is -2.31. The van der Waals surface area contributed by atoms with Crippen LogP contribution in [0.3, 0.4) is 0 Å². The van der Waals surface area contributed by atoms with E-state index in [0.717, 1.165) is 60.7 Å². The Kier molecular flexibility index (Phi) is 4.95. The van der Waals surface area contributed by atoms with Crippen LogP contribution < -0.4 is 21.3 Å². The molecule has 3 aromatic rings. The summed E-state index contributed by atoms with van der Waals surface area (Å²) in [5.74, 6) is 0.883. The smallest absolute Gasteiger partial charge is 0.128 e. The molecule has 0 saturated carbocycles. The number of piperazine rings is 1. The maximum atomic E-state index is 6.35. The topological polar surface area (TPSA) is 66.2 Å². The minimum atomic E-state index is 0.883. The summed E-state index contributed by atoms with van der Waals surface area (Å²) in [6.45, 7) is 4.30. The first-order valence-corrected chi connectivity index (χ1v) is 9.96. The first-order valence-electron chi connectivity index (χ1n) is 9.15. The molecule has 1 aromatic carbocycles. The van der Waals surface area contributed by atoms with Crippen molar-refractivity contribution in [2.75, 3.05) is 49.2 Å². The Morgan fingerprint density at radius 2 is 1.88 bits per heavy atom. The molecule has 1 fully saturated rings. The summed E-state index contributed by atoms with van der Waals surface area (Å²) < 4.78 is 0. The minimum Gasteiger partial charge on any atom is -0.397 e. The average Bonchev–Trinajstić information content (AvgIpc) is 3.02. The van der Waals surface area contributed by atoms with Crippen molar-refractivity contribution in [2.45, 2.75) is 12.8 Å². The number of pyridine rings is 1. The fourth-order valence-corrected chi connectivity index (χ4v) is 4.51. The average molecular weight is 368 g/mol. The van der Waals surface area contributed by atoms with E-state index < -0.39 is 0 Å². The monoisotopic (exact) mass is 367 g/mol. The maximum Gasteiger partial charge on any atom is 0.128 e. The van der Waals surface area contributed by atoms with Crippen molar-refractivity contribution in [3.63, 3.8) is 0 Å². The SMILES string of the molecule is CNc1ccc2c(N)c(CCc3ccc(N4CCNCC4)cc3)sc2n1. The van der Waals surface area contributed by atoms with E-state index >= 15 is 0 Å². The second-order valence-corrected chi connectivity index (χ2v) is 7.73. The number of nitrogens with one attached hydrogen (secondary N) is 2. The van der Waals surface area contributed by atoms with Gasteiger partial charge in [0.25, 0.3) is 0 Å². The molecule has 0 amide bonds. The zero-order valence-electron chi connectivity index (χ0n) is 15.1. The number of hydrogen-bond donors (Lipinski definition) is 3. The molecule has 0 radical (unpaired) electrons. The minimum absolute atomic E-state index is 0.883. The van der Waals surface area contributed by atoms with Crippen LogP contribution in [0.5, 0.6) is 0 Å². The first kappa shape index (κ1) is 17.1. The van der Waals surface area contributed by atoms with E-state index in [1.165, 1.54) is 16.1 Å². The van der Waals surface area contributed by atoms with Crippen LogP contribution in [0, 0.1) is 0 Å². The highest BCUT2D eigenvalue weighted by atomic mass is 32.1. The third-order valence-electron chi connectivity index (χ3n) is 4.99. The highest BCUT2D eigenvalue weighted by Gasteiger charge is 2.12. The van der Waals surface area contributed by atoms with Crippen LogP contribution in [0.4, 0.5) is 17.2 Å². The quantitative estimate of drug-likeness (QED) is 0.647. The van der Waals surface area contributed by atoms with Crippen molar-refractivity contribution in [2.24, 2.45) is 0 Å². The fraction of sp³-hybridized carbons (Fsp3) is 0.350. The summed E-state index contributed by atoms with van der Waals surface area (Å²) in [4.78, 5) is 9.29. The number of hydrogen-bond acceptors (Lipinski definition) is 6. The van der Waals surface area contributed by atoms with E-state index in [9.17, 15) is 0 Å². The number of fused-ring (bicyclic) bond motifs is 1. The molecule has 4 N–H and O–H groups in total. The second-order valence-electron chi connectivity index (χ2n) is 6.64. The zero-order valence-corrected chi connectivity index (χ0v) is 15.9. The Morgan fingerprint density at radius 3 is 2.62 bits per heavy atom. The molecule has 1 saturated heterocycles. The van der Waals surface area contributed by atoms with Crippen molar-refractivity contribution in [1.29, 1.82) is 0 Å². The second kappa shape index (κ2) is 7.51. The molecule has 0 spiro atoms. The molecule has 2 aromatic heterocycles. The lowest BCUT2D eigenvalue weighted by atomic mass is 10.1. The van der Waals surface area contributed by atoms with Gasteiger partial charge < -0.3 is 21.3 Å². The molecule has 0 aliphatic carbocycles. The molecule has 136 valence electrons. The van der Waals surface area contributed by atoms with E-state index in [-0.39, 0.29) is 0 Å². The molecule has 1 aliphatic heterocycles. The fourth-order valence-electron chi connectivity index (χ4n) is 3.42. The molecule has 0 unspecified atom stereocenters. The number of aryl methyl sites for hydroxylation is 2. The van der Waals surface area contributed by atoms with Gasteiger partial charge in [-0.05, 0) is 42.7 Å². The Labute approximate surface area is 158 Å². The summed E-state index contributed by atoms with van der Waals surface area (Å²) in [5.41, 5.74) is 9.91. The van der Waals surface area contributed by atoms with E-state index in [4.69, 9.17) is 5.73 Å². The lowest BCUT2D eigenvalue weighted by Gasteiger charge is -2.29. The van der Waals surface area contributed by atoms with E-state index in [1.54, 1.807) is 11.3 Å². The molecular formula is C20H25N5S. The van der Waals surface area contributed by atoms with Crippen molar-refractivity contribution in [3.8, 4) is 0 Å². The molecule has 0 bridgehead atoms. The number of nitrogens with two attached hydrogens (primary N) is 1. The largest absolute Gasteiger partial charge is 0.397 e. The summed E-state index contributed by atoms with van der Waals surface area (Å²) in [5, 5.41) is 7.55. The molecule has 5 nitrogen and oxygen atoms in total. The lowest BCUT2D eigenvalue weighted by Crippen LogP contribution is -2.43. The standard InChI is InChI=1S/C20H25N5S/c1-22-18-9-7-16-19(21)17(26-20(16)24-18)8-4-14-2-5-15(6-3-14)25-12-10-23-11-13-25/h2-3,5-7,9,23H,4,8,10-13,21H2,1H3,(H,22,24). The first-order chi connectivity index (χ1) is 12.7. The lowest BCUT2D eigenvalue weighted by molar-refractivity contribution is 0.589. The number of nitrogen functional groups attached to an aromatic ring is 1. The predicted octanol–water partition coefficient (Wildman–Crippen LogP) is 3.12. The van der Waals surface area contributed by atoms with Gasteiger partial charge in [-0.15, -0.1) is 11.3 Å². The highest BCUT2D eigenvalue weighted by molar-refractivity contribution is 7.19. The van der Waals surface area contributed by atoms with Gasteiger partial charge in [0, 0.05) is 49.2 Å². The normalized spacial score (nSPS) is 14.7. The van der Waals surface area contributed by atoms with Crippen LogP contribution in [0.15, 0.2) is 36.4 Å². The van der Waals surface area contributed by atoms with E-state index in [2.05, 4.69) is 50.8 Å². The van der Waals surface area contributed by atoms with Gasteiger partial charge in [-0.1, -0.05) is 12.1 Å². The molecular weight excluding hydrogens is 342 g/mol. The van der Waals surface area contributed by atoms with Gasteiger partial charge in [-0.2, -0.15) is 0 Å². The van der Waals surface area contributed by atoms with Gasteiger partial charge >= 0.3 is 0 Å². The van der Waals surface area contributed by atoms with Gasteiger partial charge in [0.2, 0.25) is 0 Å². The summed E-state index contributed by atoms with van der Waals surface area (Å²) >= 11 is 1.71. The zero-order chi connectivity index (χ0) is 17.9. The Morgan fingerprint density at radius 1 is 1.12 bits per heavy atom. The third kappa shape index (κ3) is 3.48. The van der Waals surface area contributed by atoms with Crippen LogP contribution in [-0.4, -0.2) is 38.2 Å². The van der Waals surface area contributed by atoms with Gasteiger partial charge in [-0.25, -0.2) is 4.98 Å². The Balaban J connectivity index is 1.45. The predicted molar refractivity (Wildman–Crippen MR) is 113 cm³/mol. The number of thiophene rings is 1. The molecule has 0 atom stereocenters. The molecule has 6 heteroatoms. The van der Waals surface area contributed by atoms with Gasteiger partial charge in [-0.3, -0.25) is 0 Å². The van der Waals surface area contributed by atoms with Crippen molar-refractivity contribution < 1.29 is 0 Å². The van der Waals surface area contributed by atoms with Crippen LogP contribution >= 0.6 is 11.3 Å². The maximum absolute atomic E-state index is 6.35. The number of nitrogens with zero attached hydrogens (tertiary/aromatic N) is 2. The Bertz CT molecular complexity index is 881. The molecule has 4 rings (SSSR count). The van der Waals surface area contributed by atoms with Gasteiger partial charge in [0.1, 0.15) is 10.6 Å². The summed E-state index contributed by atoms with van der Waals surface area (Å²) in [7, 11) is 1.89. The highest BCUT2D eigenvalue weighted by Crippen LogP contribution is 2.34. The molecule has 26 heavy (non-hydrogen) atoms. The van der Waals surface area contributed by atoms with E-state index in [0.29, 0.717) is 0 Å². The van der Waals surface area contributed by atoms with Crippen LogP contribution in [0.2, 0.25) is 0 Å². The van der Waals surface area contributed by atoms with Gasteiger partial charge in [0.05, 0.1) is 5.69 Å². The van der Waals surface area contributed by atoms with Gasteiger partial charge in [0.15, 0.2) is 0 Å². The number of rotatable bonds is 5. The number of anilines is 3. The number of benzene rings is 1. The van der Waals surface area contributed by atoms with Crippen LogP contribution in [0.25, 0.3) is 10.2 Å². The third-order valence-corrected chi connectivity index (χ3v) is 6.16.